The van der Waals surface area contributed by atoms with Gasteiger partial charge in [0.25, 0.3) is 5.91 Å². The van der Waals surface area contributed by atoms with Gasteiger partial charge in [-0.3, -0.25) is 9.48 Å². The molecule has 0 aliphatic carbocycles. The Kier molecular flexibility index (Phi) is 5.43. The van der Waals surface area contributed by atoms with Crippen molar-refractivity contribution in [2.45, 2.75) is 12.7 Å². The Balaban J connectivity index is 1.70. The maximum atomic E-state index is 12.8. The molecule has 2 aromatic carbocycles. The van der Waals surface area contributed by atoms with E-state index in [4.69, 9.17) is 23.2 Å². The second-order valence-electron chi connectivity index (χ2n) is 5.68. The standard InChI is InChI=1S/C18H12Cl2F3N3O/c19-14-5-4-11(8-15(14)20)10-26-7-6-16(25-26)24-17(27)12-2-1-3-13(9-12)18(21,22)23/h1-9H,10H2,(H,24,25,27). The maximum absolute atomic E-state index is 12.8. The number of nitrogens with zero attached hydrogens (tertiary/aromatic N) is 2. The number of carbonyl (C=O) groups excluding carboxylic acids is 1. The third kappa shape index (κ3) is 4.81. The molecular formula is C18H12Cl2F3N3O. The van der Waals surface area contributed by atoms with Crippen LogP contribution in [-0.2, 0) is 12.7 Å². The van der Waals surface area contributed by atoms with Crippen LogP contribution in [0.25, 0.3) is 0 Å². The molecule has 0 fully saturated rings. The van der Waals surface area contributed by atoms with Crippen LogP contribution in [0, 0.1) is 0 Å². The highest BCUT2D eigenvalue weighted by Crippen LogP contribution is 2.29. The third-order valence-corrected chi connectivity index (χ3v) is 4.40. The molecule has 140 valence electrons. The highest BCUT2D eigenvalue weighted by molar-refractivity contribution is 6.42. The van der Waals surface area contributed by atoms with Gasteiger partial charge in [-0.1, -0.05) is 35.3 Å². The van der Waals surface area contributed by atoms with Crippen molar-refractivity contribution in [3.8, 4) is 0 Å². The van der Waals surface area contributed by atoms with E-state index in [-0.39, 0.29) is 11.4 Å². The lowest BCUT2D eigenvalue weighted by Gasteiger charge is -2.08. The van der Waals surface area contributed by atoms with Crippen molar-refractivity contribution < 1.29 is 18.0 Å². The number of amides is 1. The van der Waals surface area contributed by atoms with Crippen LogP contribution in [0.5, 0.6) is 0 Å². The molecule has 0 spiro atoms. The van der Waals surface area contributed by atoms with Crippen LogP contribution in [0.2, 0.25) is 10.0 Å². The van der Waals surface area contributed by atoms with Crippen LogP contribution in [0.1, 0.15) is 21.5 Å². The molecule has 3 aromatic rings. The summed E-state index contributed by atoms with van der Waals surface area (Å²) in [6, 6.07) is 10.9. The second kappa shape index (κ2) is 7.62. The van der Waals surface area contributed by atoms with Gasteiger partial charge in [0.15, 0.2) is 5.82 Å². The van der Waals surface area contributed by atoms with Gasteiger partial charge in [-0.15, -0.1) is 0 Å². The molecule has 4 nitrogen and oxygen atoms in total. The minimum atomic E-state index is -4.52. The Hall–Kier alpha value is -2.51. The van der Waals surface area contributed by atoms with Gasteiger partial charge in [0, 0.05) is 17.8 Å². The highest BCUT2D eigenvalue weighted by atomic mass is 35.5. The lowest BCUT2D eigenvalue weighted by Crippen LogP contribution is -2.14. The first-order valence-corrected chi connectivity index (χ1v) is 8.44. The molecule has 0 aliphatic heterocycles. The van der Waals surface area contributed by atoms with Crippen LogP contribution >= 0.6 is 23.2 Å². The number of aromatic nitrogens is 2. The Morgan fingerprint density at radius 3 is 2.56 bits per heavy atom. The molecule has 0 aliphatic rings. The summed E-state index contributed by atoms with van der Waals surface area (Å²) >= 11 is 11.8. The number of nitrogens with one attached hydrogen (secondary N) is 1. The quantitative estimate of drug-likeness (QED) is 0.612. The first-order chi connectivity index (χ1) is 12.7. The van der Waals surface area contributed by atoms with E-state index in [9.17, 15) is 18.0 Å². The molecule has 1 amide bonds. The number of anilines is 1. The molecule has 0 bridgehead atoms. The van der Waals surface area contributed by atoms with Crippen LogP contribution in [0.3, 0.4) is 0 Å². The summed E-state index contributed by atoms with van der Waals surface area (Å²) in [5, 5.41) is 7.51. The van der Waals surface area contributed by atoms with E-state index in [1.165, 1.54) is 12.1 Å². The molecule has 1 N–H and O–H groups in total. The van der Waals surface area contributed by atoms with E-state index < -0.39 is 17.6 Å². The normalized spacial score (nSPS) is 11.4. The molecule has 9 heteroatoms. The fourth-order valence-corrected chi connectivity index (χ4v) is 2.69. The average Bonchev–Trinajstić information content (AvgIpc) is 3.04. The van der Waals surface area contributed by atoms with E-state index in [0.717, 1.165) is 17.7 Å². The lowest BCUT2D eigenvalue weighted by atomic mass is 10.1. The summed E-state index contributed by atoms with van der Waals surface area (Å²) in [4.78, 5) is 12.2. The van der Waals surface area contributed by atoms with Crippen molar-refractivity contribution in [2.24, 2.45) is 0 Å². The molecule has 1 heterocycles. The summed E-state index contributed by atoms with van der Waals surface area (Å²) in [7, 11) is 0. The van der Waals surface area contributed by atoms with E-state index in [1.807, 2.05) is 0 Å². The number of halogens is 5. The van der Waals surface area contributed by atoms with Crippen LogP contribution in [0.4, 0.5) is 19.0 Å². The molecule has 0 saturated heterocycles. The van der Waals surface area contributed by atoms with E-state index in [2.05, 4.69) is 10.4 Å². The summed E-state index contributed by atoms with van der Waals surface area (Å²) in [5.74, 6) is -0.460. The summed E-state index contributed by atoms with van der Waals surface area (Å²) < 4.78 is 39.8. The number of hydrogen-bond acceptors (Lipinski definition) is 2. The Morgan fingerprint density at radius 2 is 1.85 bits per heavy atom. The monoisotopic (exact) mass is 413 g/mol. The smallest absolute Gasteiger partial charge is 0.305 e. The zero-order chi connectivity index (χ0) is 19.6. The maximum Gasteiger partial charge on any atom is 0.416 e. The SMILES string of the molecule is O=C(Nc1ccn(Cc2ccc(Cl)c(Cl)c2)n1)c1cccc(C(F)(F)F)c1. The number of hydrogen-bond donors (Lipinski definition) is 1. The van der Waals surface area contributed by atoms with E-state index in [1.54, 1.807) is 35.1 Å². The minimum Gasteiger partial charge on any atom is -0.305 e. The first-order valence-electron chi connectivity index (χ1n) is 7.68. The van der Waals surface area contributed by atoms with Gasteiger partial charge in [0.2, 0.25) is 0 Å². The predicted molar refractivity (Wildman–Crippen MR) is 97.2 cm³/mol. The third-order valence-electron chi connectivity index (χ3n) is 3.66. The highest BCUT2D eigenvalue weighted by Gasteiger charge is 2.30. The molecule has 0 saturated carbocycles. The lowest BCUT2D eigenvalue weighted by molar-refractivity contribution is -0.137. The van der Waals surface area contributed by atoms with Crippen LogP contribution in [0.15, 0.2) is 54.7 Å². The average molecular weight is 414 g/mol. The van der Waals surface area contributed by atoms with Crippen molar-refractivity contribution in [1.82, 2.24) is 9.78 Å². The Morgan fingerprint density at radius 1 is 1.07 bits per heavy atom. The van der Waals surface area contributed by atoms with Gasteiger partial charge in [-0.05, 0) is 35.9 Å². The number of rotatable bonds is 4. The van der Waals surface area contributed by atoms with E-state index >= 15 is 0 Å². The van der Waals surface area contributed by atoms with Crippen molar-refractivity contribution in [3.63, 3.8) is 0 Å². The van der Waals surface area contributed by atoms with Gasteiger partial charge in [-0.25, -0.2) is 0 Å². The largest absolute Gasteiger partial charge is 0.416 e. The molecule has 0 radical (unpaired) electrons. The van der Waals surface area contributed by atoms with Gasteiger partial charge >= 0.3 is 6.18 Å². The topological polar surface area (TPSA) is 46.9 Å². The molecular weight excluding hydrogens is 402 g/mol. The molecule has 27 heavy (non-hydrogen) atoms. The Labute approximate surface area is 162 Å². The van der Waals surface area contributed by atoms with Crippen LogP contribution in [-0.4, -0.2) is 15.7 Å². The molecule has 0 unspecified atom stereocenters. The first kappa shape index (κ1) is 19.3. The fourth-order valence-electron chi connectivity index (χ4n) is 2.37. The number of alkyl halides is 3. The number of benzene rings is 2. The van der Waals surface area contributed by atoms with Crippen molar-refractivity contribution in [2.75, 3.05) is 5.32 Å². The zero-order valence-corrected chi connectivity index (χ0v) is 15.1. The molecule has 0 atom stereocenters. The fraction of sp³-hybridized carbons (Fsp3) is 0.111. The second-order valence-corrected chi connectivity index (χ2v) is 6.49. The van der Waals surface area contributed by atoms with E-state index in [0.29, 0.717) is 16.6 Å². The van der Waals surface area contributed by atoms with Crippen LogP contribution < -0.4 is 5.32 Å². The summed E-state index contributed by atoms with van der Waals surface area (Å²) in [6.45, 7) is 0.385. The van der Waals surface area contributed by atoms with Gasteiger partial charge < -0.3 is 5.32 Å². The van der Waals surface area contributed by atoms with Crippen molar-refractivity contribution in [1.29, 1.82) is 0 Å². The predicted octanol–water partition coefficient (Wildman–Crippen LogP) is 5.51. The Bertz CT molecular complexity index is 986. The van der Waals surface area contributed by atoms with Gasteiger partial charge in [0.05, 0.1) is 22.2 Å². The van der Waals surface area contributed by atoms with Crippen molar-refractivity contribution >= 4 is 34.9 Å². The zero-order valence-electron chi connectivity index (χ0n) is 13.6. The van der Waals surface area contributed by atoms with Gasteiger partial charge in [-0.2, -0.15) is 18.3 Å². The summed E-state index contributed by atoms with van der Waals surface area (Å²) in [6.07, 6.45) is -2.89. The van der Waals surface area contributed by atoms with Crippen molar-refractivity contribution in [3.05, 3.63) is 81.5 Å². The summed E-state index contributed by atoms with van der Waals surface area (Å²) in [5.41, 5.74) is -0.146. The minimum absolute atomic E-state index is 0.108. The van der Waals surface area contributed by atoms with Gasteiger partial charge in [0.1, 0.15) is 0 Å². The number of carbonyl (C=O) groups is 1. The molecule has 3 rings (SSSR count). The molecule has 1 aromatic heterocycles.